The van der Waals surface area contributed by atoms with Gasteiger partial charge in [-0.2, -0.15) is 0 Å². The van der Waals surface area contributed by atoms with Crippen LogP contribution >= 0.6 is 54.5 Å². The number of ether oxygens (including phenoxy) is 3. The van der Waals surface area contributed by atoms with E-state index in [2.05, 4.69) is 54.5 Å². The van der Waals surface area contributed by atoms with Crippen LogP contribution in [-0.2, 0) is 10.3 Å². The normalized spacial score (nSPS) is 19.1. The van der Waals surface area contributed by atoms with E-state index in [9.17, 15) is 5.11 Å². The smallest absolute Gasteiger partial charge is 0.134 e. The molecule has 3 rings (SSSR count). The van der Waals surface area contributed by atoms with Gasteiger partial charge in [-0.1, -0.05) is 6.07 Å². The van der Waals surface area contributed by atoms with E-state index in [1.807, 2.05) is 36.4 Å². The summed E-state index contributed by atoms with van der Waals surface area (Å²) in [5.74, 6) is 1.61. The van der Waals surface area contributed by atoms with Gasteiger partial charge in [-0.15, -0.1) is 0 Å². The van der Waals surface area contributed by atoms with Gasteiger partial charge in [-0.25, -0.2) is 0 Å². The molecule has 1 fully saturated rings. The molecule has 1 N–H and O–H groups in total. The molecular weight excluding hydrogens is 567 g/mol. The second-order valence-corrected chi connectivity index (χ2v) is 8.42. The fourth-order valence-corrected chi connectivity index (χ4v) is 3.64. The number of hydrogen-bond acceptors (Lipinski definition) is 4. The maximum Gasteiger partial charge on any atom is 0.134 e. The molecule has 0 spiro atoms. The Kier molecular flexibility index (Phi) is 8.00. The first kappa shape index (κ1) is 21.0. The van der Waals surface area contributed by atoms with Gasteiger partial charge < -0.3 is 19.3 Å². The molecule has 0 aliphatic carbocycles. The third-order valence-electron chi connectivity index (χ3n) is 3.80. The molecule has 7 heteroatoms. The van der Waals surface area contributed by atoms with Gasteiger partial charge in [0.1, 0.15) is 17.1 Å². The highest BCUT2D eigenvalue weighted by molar-refractivity contribution is 14.1. The molecule has 0 amide bonds. The first-order valence-electron chi connectivity index (χ1n) is 7.53. The number of methoxy groups -OCH3 is 2. The Labute approximate surface area is 178 Å². The van der Waals surface area contributed by atoms with Crippen LogP contribution < -0.4 is 9.47 Å². The minimum Gasteiger partial charge on any atom is -0.496 e. The van der Waals surface area contributed by atoms with Crippen LogP contribution in [0.3, 0.4) is 0 Å². The van der Waals surface area contributed by atoms with Crippen molar-refractivity contribution in [2.75, 3.05) is 27.4 Å². The van der Waals surface area contributed by atoms with Gasteiger partial charge in [0.05, 0.1) is 29.8 Å². The second-order valence-electron chi connectivity index (χ2n) is 5.46. The van der Waals surface area contributed by atoms with Crippen LogP contribution in [0.5, 0.6) is 11.5 Å². The molecular formula is C18H19Br2IO4. The Morgan fingerprint density at radius 1 is 1.04 bits per heavy atom. The van der Waals surface area contributed by atoms with Gasteiger partial charge >= 0.3 is 0 Å². The lowest BCUT2D eigenvalue weighted by Gasteiger charge is -2.21. The monoisotopic (exact) mass is 584 g/mol. The number of benzene rings is 2. The molecule has 1 heterocycles. The molecule has 0 aromatic heterocycles. The third-order valence-corrected chi connectivity index (χ3v) is 5.78. The van der Waals surface area contributed by atoms with Crippen molar-refractivity contribution < 1.29 is 19.3 Å². The average Bonchev–Trinajstić information content (AvgIpc) is 3.06. The van der Waals surface area contributed by atoms with Crippen molar-refractivity contribution in [1.29, 1.82) is 0 Å². The quantitative estimate of drug-likeness (QED) is 0.508. The highest BCUT2D eigenvalue weighted by Gasteiger charge is 2.34. The van der Waals surface area contributed by atoms with Crippen molar-refractivity contribution in [3.63, 3.8) is 0 Å². The molecule has 136 valence electrons. The van der Waals surface area contributed by atoms with Crippen molar-refractivity contribution in [2.45, 2.75) is 12.0 Å². The Hall–Kier alpha value is -0.350. The number of halogens is 3. The Bertz CT molecular complexity index is 718. The van der Waals surface area contributed by atoms with Gasteiger partial charge in [0.15, 0.2) is 0 Å². The van der Waals surface area contributed by atoms with Crippen LogP contribution in [0.1, 0.15) is 12.0 Å². The standard InChI is InChI=1S/C11H13BrO3.C7H6BrIO/c1-14-10-6-8(2-3-9(10)12)11(13)4-5-15-7-11;1-10-7-4-5(9)2-3-6(7)8/h2-3,6,13H,4-5,7H2,1H3;2-4H,1H3. The van der Waals surface area contributed by atoms with E-state index in [4.69, 9.17) is 14.2 Å². The Balaban J connectivity index is 0.000000196. The molecule has 0 radical (unpaired) electrons. The van der Waals surface area contributed by atoms with Crippen LogP contribution in [0, 0.1) is 3.57 Å². The summed E-state index contributed by atoms with van der Waals surface area (Å²) in [7, 11) is 3.27. The van der Waals surface area contributed by atoms with Crippen molar-refractivity contribution in [1.82, 2.24) is 0 Å². The van der Waals surface area contributed by atoms with Crippen LogP contribution in [0.2, 0.25) is 0 Å². The zero-order chi connectivity index (χ0) is 18.4. The van der Waals surface area contributed by atoms with Crippen LogP contribution in [-0.4, -0.2) is 32.5 Å². The van der Waals surface area contributed by atoms with E-state index in [0.717, 1.165) is 26.0 Å². The first-order valence-corrected chi connectivity index (χ1v) is 10.2. The van der Waals surface area contributed by atoms with E-state index >= 15 is 0 Å². The molecule has 1 aliphatic heterocycles. The lowest BCUT2D eigenvalue weighted by atomic mass is 9.93. The van der Waals surface area contributed by atoms with E-state index in [1.54, 1.807) is 14.2 Å². The van der Waals surface area contributed by atoms with Gasteiger partial charge in [0.25, 0.3) is 0 Å². The molecule has 0 saturated carbocycles. The highest BCUT2D eigenvalue weighted by Crippen LogP contribution is 2.35. The highest BCUT2D eigenvalue weighted by atomic mass is 127. The summed E-state index contributed by atoms with van der Waals surface area (Å²) < 4.78 is 18.5. The predicted octanol–water partition coefficient (Wildman–Crippen LogP) is 5.13. The molecule has 2 aromatic carbocycles. The van der Waals surface area contributed by atoms with E-state index in [1.165, 1.54) is 3.57 Å². The molecule has 1 aliphatic rings. The maximum absolute atomic E-state index is 10.3. The van der Waals surface area contributed by atoms with Crippen LogP contribution in [0.15, 0.2) is 45.3 Å². The fraction of sp³-hybridized carbons (Fsp3) is 0.333. The topological polar surface area (TPSA) is 47.9 Å². The molecule has 1 saturated heterocycles. The molecule has 0 bridgehead atoms. The van der Waals surface area contributed by atoms with E-state index < -0.39 is 5.60 Å². The number of rotatable bonds is 3. The van der Waals surface area contributed by atoms with Gasteiger partial charge in [0.2, 0.25) is 0 Å². The summed E-state index contributed by atoms with van der Waals surface area (Å²) in [6, 6.07) is 11.6. The summed E-state index contributed by atoms with van der Waals surface area (Å²) in [6.45, 7) is 0.965. The summed E-state index contributed by atoms with van der Waals surface area (Å²) >= 11 is 8.99. The molecule has 1 unspecified atom stereocenters. The Morgan fingerprint density at radius 3 is 2.16 bits per heavy atom. The summed E-state index contributed by atoms with van der Waals surface area (Å²) in [6.07, 6.45) is 0.637. The van der Waals surface area contributed by atoms with Crippen molar-refractivity contribution in [2.24, 2.45) is 0 Å². The van der Waals surface area contributed by atoms with Gasteiger partial charge in [-0.05, 0) is 90.3 Å². The van der Waals surface area contributed by atoms with Crippen molar-refractivity contribution in [3.05, 3.63) is 54.5 Å². The van der Waals surface area contributed by atoms with E-state index in [0.29, 0.717) is 19.6 Å². The zero-order valence-electron chi connectivity index (χ0n) is 13.9. The average molecular weight is 586 g/mol. The minimum absolute atomic E-state index is 0.359. The molecule has 2 aromatic rings. The third kappa shape index (κ3) is 5.56. The van der Waals surface area contributed by atoms with Crippen LogP contribution in [0.4, 0.5) is 0 Å². The lowest BCUT2D eigenvalue weighted by molar-refractivity contribution is 0.0230. The summed E-state index contributed by atoms with van der Waals surface area (Å²) in [4.78, 5) is 0. The van der Waals surface area contributed by atoms with Crippen LogP contribution in [0.25, 0.3) is 0 Å². The maximum atomic E-state index is 10.3. The van der Waals surface area contributed by atoms with E-state index in [-0.39, 0.29) is 0 Å². The zero-order valence-corrected chi connectivity index (χ0v) is 19.2. The van der Waals surface area contributed by atoms with Crippen molar-refractivity contribution in [3.8, 4) is 11.5 Å². The summed E-state index contributed by atoms with van der Waals surface area (Å²) in [5.41, 5.74) is -0.00593. The number of aliphatic hydroxyl groups is 1. The lowest BCUT2D eigenvalue weighted by Crippen LogP contribution is -2.25. The summed E-state index contributed by atoms with van der Waals surface area (Å²) in [5, 5.41) is 10.3. The van der Waals surface area contributed by atoms with Gasteiger partial charge in [-0.3, -0.25) is 0 Å². The largest absolute Gasteiger partial charge is 0.496 e. The SMILES string of the molecule is COc1cc(C2(O)CCOC2)ccc1Br.COc1cc(I)ccc1Br. The first-order chi connectivity index (χ1) is 11.9. The van der Waals surface area contributed by atoms with Crippen molar-refractivity contribution >= 4 is 54.5 Å². The predicted molar refractivity (Wildman–Crippen MR) is 113 cm³/mol. The fourth-order valence-electron chi connectivity index (χ4n) is 2.36. The van der Waals surface area contributed by atoms with Gasteiger partial charge in [0, 0.05) is 16.6 Å². The number of hydrogen-bond donors (Lipinski definition) is 1. The second kappa shape index (κ2) is 9.55. The molecule has 1 atom stereocenters. The minimum atomic E-state index is -0.853. The molecule has 4 nitrogen and oxygen atoms in total. The Morgan fingerprint density at radius 2 is 1.64 bits per heavy atom. The molecule has 25 heavy (non-hydrogen) atoms.